The number of hydrogen-bond acceptors (Lipinski definition) is 1. The molecule has 0 aliphatic heterocycles. The number of benzene rings is 1. The first-order chi connectivity index (χ1) is 7.63. The molecule has 0 spiro atoms. The first-order valence-corrected chi connectivity index (χ1v) is 6.14. The first kappa shape index (κ1) is 14.9. The van der Waals surface area contributed by atoms with Crippen LogP contribution in [0.25, 0.3) is 0 Å². The van der Waals surface area contributed by atoms with Gasteiger partial charge in [-0.3, -0.25) is 0 Å². The van der Waals surface area contributed by atoms with Crippen LogP contribution in [0.2, 0.25) is 0 Å². The van der Waals surface area contributed by atoms with Crippen molar-refractivity contribution in [2.75, 3.05) is 5.73 Å². The van der Waals surface area contributed by atoms with Crippen molar-refractivity contribution < 1.29 is 4.39 Å². The predicted molar refractivity (Wildman–Crippen MR) is 70.0 cm³/mol. The Kier molecular flexibility index (Phi) is 8.59. The molecule has 0 atom stereocenters. The molecule has 2 N–H and O–H groups in total. The predicted octanol–water partition coefficient (Wildman–Crippen LogP) is 4.69. The van der Waals surface area contributed by atoms with E-state index in [1.165, 1.54) is 38.2 Å². The number of para-hydroxylation sites is 1. The molecule has 16 heavy (non-hydrogen) atoms. The Morgan fingerprint density at radius 3 is 2.00 bits per heavy atom. The van der Waals surface area contributed by atoms with E-state index >= 15 is 0 Å². The van der Waals surface area contributed by atoms with Crippen LogP contribution < -0.4 is 5.73 Å². The summed E-state index contributed by atoms with van der Waals surface area (Å²) in [6.45, 7) is 6.27. The van der Waals surface area contributed by atoms with E-state index in [0.29, 0.717) is 0 Å². The van der Waals surface area contributed by atoms with E-state index in [4.69, 9.17) is 5.73 Å². The Labute approximate surface area is 98.9 Å². The van der Waals surface area contributed by atoms with Crippen LogP contribution >= 0.6 is 0 Å². The largest absolute Gasteiger partial charge is 0.396 e. The maximum atomic E-state index is 12.5. The molecule has 1 nitrogen and oxygen atoms in total. The lowest BCUT2D eigenvalue weighted by Gasteiger charge is -1.97. The van der Waals surface area contributed by atoms with Gasteiger partial charge in [0.25, 0.3) is 0 Å². The molecule has 0 amide bonds. The van der Waals surface area contributed by atoms with Gasteiger partial charge in [0.05, 0.1) is 5.69 Å². The van der Waals surface area contributed by atoms with Gasteiger partial charge in [-0.2, -0.15) is 0 Å². The van der Waals surface area contributed by atoms with E-state index in [1.54, 1.807) is 19.1 Å². The van der Waals surface area contributed by atoms with Gasteiger partial charge in [0, 0.05) is 0 Å². The van der Waals surface area contributed by atoms with Crippen LogP contribution in [0.5, 0.6) is 0 Å². The monoisotopic (exact) mass is 225 g/mol. The fraction of sp³-hybridized carbons (Fsp3) is 0.571. The molecule has 1 rings (SSSR count). The van der Waals surface area contributed by atoms with E-state index in [-0.39, 0.29) is 11.5 Å². The minimum absolute atomic E-state index is 0.248. The van der Waals surface area contributed by atoms with E-state index in [9.17, 15) is 4.39 Å². The Hall–Kier alpha value is -1.05. The summed E-state index contributed by atoms with van der Waals surface area (Å²) in [6, 6.07) is 4.77. The summed E-state index contributed by atoms with van der Waals surface area (Å²) in [5, 5.41) is 0. The maximum absolute atomic E-state index is 12.5. The van der Waals surface area contributed by atoms with Crippen LogP contribution in [0.4, 0.5) is 10.1 Å². The lowest BCUT2D eigenvalue weighted by Crippen LogP contribution is -1.92. The minimum Gasteiger partial charge on any atom is -0.396 e. The van der Waals surface area contributed by atoms with E-state index in [2.05, 4.69) is 13.8 Å². The smallest absolute Gasteiger partial charge is 0.146 e. The number of anilines is 1. The Balaban J connectivity index is 0.000000293. The number of hydrogen-bond donors (Lipinski definition) is 1. The fourth-order valence-electron chi connectivity index (χ4n) is 1.32. The molecular formula is C14H24FN. The molecule has 0 fully saturated rings. The van der Waals surface area contributed by atoms with Crippen molar-refractivity contribution in [2.45, 2.75) is 52.9 Å². The van der Waals surface area contributed by atoms with Gasteiger partial charge in [-0.15, -0.1) is 0 Å². The summed E-state index contributed by atoms with van der Waals surface area (Å²) in [4.78, 5) is 0. The van der Waals surface area contributed by atoms with Crippen LogP contribution in [0.3, 0.4) is 0 Å². The second-order valence-corrected chi connectivity index (χ2v) is 4.03. The molecule has 0 unspecified atom stereocenters. The molecule has 0 saturated carbocycles. The molecule has 0 aliphatic rings. The highest BCUT2D eigenvalue weighted by molar-refractivity contribution is 5.46. The number of halogens is 1. The Bertz CT molecular complexity index is 260. The highest BCUT2D eigenvalue weighted by Crippen LogP contribution is 2.13. The summed E-state index contributed by atoms with van der Waals surface area (Å²) in [6.07, 6.45) is 7.01. The molecule has 0 saturated heterocycles. The van der Waals surface area contributed by atoms with Crippen LogP contribution in [0.15, 0.2) is 18.2 Å². The van der Waals surface area contributed by atoms with Crippen molar-refractivity contribution in [2.24, 2.45) is 0 Å². The van der Waals surface area contributed by atoms with Crippen LogP contribution in [-0.4, -0.2) is 0 Å². The summed E-state index contributed by atoms with van der Waals surface area (Å²) in [5.41, 5.74) is 6.34. The molecule has 0 aromatic heterocycles. The first-order valence-electron chi connectivity index (χ1n) is 6.14. The Morgan fingerprint density at radius 2 is 1.62 bits per heavy atom. The van der Waals surface area contributed by atoms with Crippen molar-refractivity contribution in [3.63, 3.8) is 0 Å². The maximum Gasteiger partial charge on any atom is 0.146 e. The summed E-state index contributed by atoms with van der Waals surface area (Å²) in [7, 11) is 0. The molecular weight excluding hydrogens is 201 g/mol. The Morgan fingerprint density at radius 1 is 1.06 bits per heavy atom. The number of nitrogen functional groups attached to an aromatic ring is 1. The lowest BCUT2D eigenvalue weighted by atomic mass is 10.2. The number of unbranched alkanes of at least 4 members (excludes halogenated alkanes) is 4. The summed E-state index contributed by atoms with van der Waals surface area (Å²) in [5.74, 6) is -0.338. The lowest BCUT2D eigenvalue weighted by molar-refractivity contribution is 0.631. The number of rotatable bonds is 4. The highest BCUT2D eigenvalue weighted by Gasteiger charge is 1.96. The van der Waals surface area contributed by atoms with Gasteiger partial charge in [0.2, 0.25) is 0 Å². The van der Waals surface area contributed by atoms with Gasteiger partial charge in [-0.05, 0) is 18.6 Å². The standard InChI is InChI=1S/C7H8FN.C7H16/c1-5-3-2-4-6(8)7(5)9;1-3-5-7-6-4-2/h2-4H,9H2,1H3;3-7H2,1-2H3. The zero-order valence-corrected chi connectivity index (χ0v) is 10.7. The van der Waals surface area contributed by atoms with Gasteiger partial charge in [-0.1, -0.05) is 58.1 Å². The van der Waals surface area contributed by atoms with E-state index in [0.717, 1.165) is 5.56 Å². The van der Waals surface area contributed by atoms with Crippen molar-refractivity contribution in [3.8, 4) is 0 Å². The molecule has 0 radical (unpaired) electrons. The summed E-state index contributed by atoms with van der Waals surface area (Å²) >= 11 is 0. The second kappa shape index (κ2) is 9.20. The van der Waals surface area contributed by atoms with Crippen molar-refractivity contribution in [3.05, 3.63) is 29.6 Å². The fourth-order valence-corrected chi connectivity index (χ4v) is 1.32. The van der Waals surface area contributed by atoms with E-state index < -0.39 is 0 Å². The average molecular weight is 225 g/mol. The molecule has 2 heteroatoms. The van der Waals surface area contributed by atoms with E-state index in [1.807, 2.05) is 0 Å². The molecule has 0 aliphatic carbocycles. The van der Waals surface area contributed by atoms with Gasteiger partial charge in [-0.25, -0.2) is 4.39 Å². The quantitative estimate of drug-likeness (QED) is 0.583. The zero-order chi connectivity index (χ0) is 12.4. The van der Waals surface area contributed by atoms with Crippen LogP contribution in [0, 0.1) is 12.7 Å². The number of aryl methyl sites for hydroxylation is 1. The van der Waals surface area contributed by atoms with Gasteiger partial charge in [0.15, 0.2) is 0 Å². The summed E-state index contributed by atoms with van der Waals surface area (Å²) < 4.78 is 12.5. The molecule has 92 valence electrons. The molecule has 1 aromatic rings. The van der Waals surface area contributed by atoms with Crippen molar-refractivity contribution in [1.82, 2.24) is 0 Å². The third-order valence-corrected chi connectivity index (χ3v) is 2.48. The van der Waals surface area contributed by atoms with Crippen molar-refractivity contribution >= 4 is 5.69 Å². The van der Waals surface area contributed by atoms with Gasteiger partial charge in [0.1, 0.15) is 5.82 Å². The van der Waals surface area contributed by atoms with Crippen LogP contribution in [0.1, 0.15) is 51.5 Å². The third kappa shape index (κ3) is 6.44. The van der Waals surface area contributed by atoms with Crippen molar-refractivity contribution in [1.29, 1.82) is 0 Å². The molecule has 1 aromatic carbocycles. The second-order valence-electron chi connectivity index (χ2n) is 4.03. The SMILES string of the molecule is CCCCCCC.Cc1cccc(F)c1N. The number of nitrogens with two attached hydrogens (primary N) is 1. The molecule has 0 bridgehead atoms. The highest BCUT2D eigenvalue weighted by atomic mass is 19.1. The zero-order valence-electron chi connectivity index (χ0n) is 10.7. The minimum atomic E-state index is -0.338. The van der Waals surface area contributed by atoms with Gasteiger partial charge >= 0.3 is 0 Å². The molecule has 0 heterocycles. The average Bonchev–Trinajstić information content (AvgIpc) is 2.27. The van der Waals surface area contributed by atoms with Gasteiger partial charge < -0.3 is 5.73 Å². The third-order valence-electron chi connectivity index (χ3n) is 2.48. The topological polar surface area (TPSA) is 26.0 Å². The van der Waals surface area contributed by atoms with Crippen LogP contribution in [-0.2, 0) is 0 Å². The normalized spacial score (nSPS) is 9.50.